The Labute approximate surface area is 144 Å². The normalized spacial score (nSPS) is 10.0. The minimum Gasteiger partial charge on any atom is -0.338 e. The lowest BCUT2D eigenvalue weighted by Gasteiger charge is -2.22. The molecule has 0 aliphatic carbocycles. The lowest BCUT2D eigenvalue weighted by Crippen LogP contribution is -2.33. The molecule has 0 fully saturated rings. The van der Waals surface area contributed by atoms with Gasteiger partial charge in [0.25, 0.3) is 5.91 Å². The Morgan fingerprint density at radius 3 is 2.43 bits per heavy atom. The van der Waals surface area contributed by atoms with Crippen LogP contribution in [-0.4, -0.2) is 28.9 Å². The number of hydrogen-bond donors (Lipinski definition) is 1. The zero-order valence-electron chi connectivity index (χ0n) is 13.4. The summed E-state index contributed by atoms with van der Waals surface area (Å²) in [4.78, 5) is 18.8. The Hall–Kier alpha value is -1.91. The molecule has 1 amide bonds. The second-order valence-electron chi connectivity index (χ2n) is 5.26. The highest BCUT2D eigenvalue weighted by molar-refractivity contribution is 5.94. The van der Waals surface area contributed by atoms with Gasteiger partial charge in [0.15, 0.2) is 0 Å². The molecule has 2 aromatic rings. The van der Waals surface area contributed by atoms with Gasteiger partial charge in [0.05, 0.1) is 0 Å². The van der Waals surface area contributed by atoms with Gasteiger partial charge >= 0.3 is 0 Å². The number of hydrogen-bond acceptors (Lipinski definition) is 3. The fourth-order valence-electron chi connectivity index (χ4n) is 2.35. The average molecular weight is 334 g/mol. The summed E-state index contributed by atoms with van der Waals surface area (Å²) >= 11 is 0. The van der Waals surface area contributed by atoms with Crippen molar-refractivity contribution in [3.63, 3.8) is 0 Å². The van der Waals surface area contributed by atoms with Gasteiger partial charge in [-0.15, -0.1) is 12.4 Å². The first-order valence-electron chi connectivity index (χ1n) is 7.72. The highest BCUT2D eigenvalue weighted by atomic mass is 35.5. The quantitative estimate of drug-likeness (QED) is 0.847. The minimum absolute atomic E-state index is 0. The second-order valence-corrected chi connectivity index (χ2v) is 5.26. The molecule has 0 unspecified atom stereocenters. The van der Waals surface area contributed by atoms with Gasteiger partial charge in [-0.25, -0.2) is 0 Å². The number of rotatable bonds is 7. The van der Waals surface area contributed by atoms with E-state index in [1.807, 2.05) is 47.4 Å². The second kappa shape index (κ2) is 9.98. The third kappa shape index (κ3) is 5.66. The number of aromatic nitrogens is 1. The molecule has 0 atom stereocenters. The van der Waals surface area contributed by atoms with Gasteiger partial charge in [0.1, 0.15) is 0 Å². The number of halogens is 1. The summed E-state index contributed by atoms with van der Waals surface area (Å²) in [5.41, 5.74) is 8.35. The Balaban J connectivity index is 0.00000264. The molecule has 0 radical (unpaired) electrons. The molecule has 2 rings (SSSR count). The lowest BCUT2D eigenvalue weighted by molar-refractivity contribution is 0.0757. The maximum atomic E-state index is 12.6. The van der Waals surface area contributed by atoms with E-state index in [-0.39, 0.29) is 18.3 Å². The number of nitrogens with zero attached hydrogens (tertiary/aromatic N) is 2. The van der Waals surface area contributed by atoms with Crippen molar-refractivity contribution < 1.29 is 4.79 Å². The van der Waals surface area contributed by atoms with Crippen molar-refractivity contribution in [3.8, 4) is 0 Å². The number of pyridine rings is 1. The maximum absolute atomic E-state index is 12.6. The van der Waals surface area contributed by atoms with Crippen molar-refractivity contribution in [2.75, 3.05) is 13.1 Å². The van der Waals surface area contributed by atoms with Gasteiger partial charge in [-0.3, -0.25) is 9.78 Å². The molecule has 5 heteroatoms. The van der Waals surface area contributed by atoms with E-state index in [4.69, 9.17) is 5.73 Å². The molecule has 124 valence electrons. The van der Waals surface area contributed by atoms with Crippen LogP contribution in [0.25, 0.3) is 0 Å². The monoisotopic (exact) mass is 333 g/mol. The Bertz CT molecular complexity index is 587. The topological polar surface area (TPSA) is 59.2 Å². The summed E-state index contributed by atoms with van der Waals surface area (Å²) in [5, 5.41) is 0. The molecule has 4 nitrogen and oxygen atoms in total. The molecule has 2 N–H and O–H groups in total. The first kappa shape index (κ1) is 19.1. The van der Waals surface area contributed by atoms with E-state index in [1.54, 1.807) is 6.20 Å². The van der Waals surface area contributed by atoms with Crippen LogP contribution in [0.4, 0.5) is 0 Å². The van der Waals surface area contributed by atoms with Crippen molar-refractivity contribution in [3.05, 3.63) is 65.5 Å². The van der Waals surface area contributed by atoms with E-state index in [0.717, 1.165) is 30.6 Å². The first-order chi connectivity index (χ1) is 10.7. The van der Waals surface area contributed by atoms with Gasteiger partial charge in [0.2, 0.25) is 0 Å². The van der Waals surface area contributed by atoms with E-state index in [0.29, 0.717) is 18.7 Å². The molecular weight excluding hydrogens is 310 g/mol. The number of nitrogens with two attached hydrogens (primary N) is 1. The Morgan fingerprint density at radius 1 is 1.13 bits per heavy atom. The molecule has 0 saturated heterocycles. The number of carbonyl (C=O) groups is 1. The van der Waals surface area contributed by atoms with Crippen LogP contribution in [0, 0.1) is 0 Å². The van der Waals surface area contributed by atoms with Gasteiger partial charge in [0, 0.05) is 43.5 Å². The number of carbonyl (C=O) groups excluding carboxylic acids is 1. The van der Waals surface area contributed by atoms with E-state index in [9.17, 15) is 4.79 Å². The van der Waals surface area contributed by atoms with Crippen LogP contribution >= 0.6 is 12.4 Å². The van der Waals surface area contributed by atoms with E-state index >= 15 is 0 Å². The summed E-state index contributed by atoms with van der Waals surface area (Å²) in [6, 6.07) is 13.4. The summed E-state index contributed by atoms with van der Waals surface area (Å²) in [6.07, 6.45) is 3.50. The Morgan fingerprint density at radius 2 is 1.87 bits per heavy atom. The fourth-order valence-corrected chi connectivity index (χ4v) is 2.35. The third-order valence-electron chi connectivity index (χ3n) is 3.58. The van der Waals surface area contributed by atoms with Crippen molar-refractivity contribution >= 4 is 18.3 Å². The van der Waals surface area contributed by atoms with E-state index < -0.39 is 0 Å². The van der Waals surface area contributed by atoms with Gasteiger partial charge < -0.3 is 10.6 Å². The molecular formula is C18H24ClN3O. The highest BCUT2D eigenvalue weighted by Gasteiger charge is 2.15. The predicted octanol–water partition coefficient (Wildman–Crippen LogP) is 3.06. The lowest BCUT2D eigenvalue weighted by atomic mass is 10.1. The first-order valence-corrected chi connectivity index (χ1v) is 7.72. The molecule has 0 saturated carbocycles. The van der Waals surface area contributed by atoms with Gasteiger partial charge in [-0.2, -0.15) is 0 Å². The minimum atomic E-state index is 0. The van der Waals surface area contributed by atoms with Crippen molar-refractivity contribution in [2.24, 2.45) is 5.73 Å². The summed E-state index contributed by atoms with van der Waals surface area (Å²) in [5.74, 6) is 0.0707. The molecule has 0 spiro atoms. The summed E-state index contributed by atoms with van der Waals surface area (Å²) in [7, 11) is 0. The summed E-state index contributed by atoms with van der Waals surface area (Å²) in [6.45, 7) is 4.01. The van der Waals surface area contributed by atoms with Crippen LogP contribution in [0.15, 0.2) is 48.7 Å². The molecule has 0 aliphatic heterocycles. The SMILES string of the molecule is CCCN(CCc1ccccn1)C(=O)c1ccc(CN)cc1.Cl. The predicted molar refractivity (Wildman–Crippen MR) is 95.7 cm³/mol. The fraction of sp³-hybridized carbons (Fsp3) is 0.333. The van der Waals surface area contributed by atoms with Crippen LogP contribution in [0.5, 0.6) is 0 Å². The smallest absolute Gasteiger partial charge is 0.253 e. The molecule has 0 bridgehead atoms. The van der Waals surface area contributed by atoms with Crippen molar-refractivity contribution in [1.29, 1.82) is 0 Å². The Kier molecular flexibility index (Phi) is 8.30. The number of benzene rings is 1. The van der Waals surface area contributed by atoms with Crippen molar-refractivity contribution in [1.82, 2.24) is 9.88 Å². The summed E-state index contributed by atoms with van der Waals surface area (Å²) < 4.78 is 0. The number of amides is 1. The third-order valence-corrected chi connectivity index (χ3v) is 3.58. The largest absolute Gasteiger partial charge is 0.338 e. The maximum Gasteiger partial charge on any atom is 0.253 e. The van der Waals surface area contributed by atoms with E-state index in [1.165, 1.54) is 0 Å². The van der Waals surface area contributed by atoms with Crippen LogP contribution in [0.2, 0.25) is 0 Å². The average Bonchev–Trinajstić information content (AvgIpc) is 2.59. The zero-order valence-corrected chi connectivity index (χ0v) is 14.3. The van der Waals surface area contributed by atoms with Crippen LogP contribution < -0.4 is 5.73 Å². The molecule has 1 aromatic carbocycles. The van der Waals surface area contributed by atoms with Gasteiger partial charge in [-0.05, 0) is 36.2 Å². The molecule has 23 heavy (non-hydrogen) atoms. The zero-order chi connectivity index (χ0) is 15.8. The standard InChI is InChI=1S/C18H23N3O.ClH/c1-2-12-21(13-10-17-5-3-4-11-20-17)18(22)16-8-6-15(14-19)7-9-16;/h3-9,11H,2,10,12-14,19H2,1H3;1H. The van der Waals surface area contributed by atoms with Crippen LogP contribution in [0.3, 0.4) is 0 Å². The van der Waals surface area contributed by atoms with Crippen LogP contribution in [-0.2, 0) is 13.0 Å². The van der Waals surface area contributed by atoms with E-state index in [2.05, 4.69) is 11.9 Å². The highest BCUT2D eigenvalue weighted by Crippen LogP contribution is 2.09. The molecule has 0 aliphatic rings. The van der Waals surface area contributed by atoms with Crippen LogP contribution in [0.1, 0.15) is 35.0 Å². The van der Waals surface area contributed by atoms with Crippen molar-refractivity contribution in [2.45, 2.75) is 26.3 Å². The molecule has 1 aromatic heterocycles. The van der Waals surface area contributed by atoms with Gasteiger partial charge in [-0.1, -0.05) is 25.1 Å². The molecule has 1 heterocycles.